The molecule has 0 aliphatic rings. The molecule has 3 heterocycles. The van der Waals surface area contributed by atoms with Gasteiger partial charge < -0.3 is 5.43 Å². The Morgan fingerprint density at radius 2 is 1.91 bits per heavy atom. The van der Waals surface area contributed by atoms with Gasteiger partial charge >= 0.3 is 0 Å². The van der Waals surface area contributed by atoms with Gasteiger partial charge in [0.05, 0.1) is 5.69 Å². The second-order valence-electron chi connectivity index (χ2n) is 4.98. The van der Waals surface area contributed by atoms with E-state index in [9.17, 15) is 0 Å². The Hall–Kier alpha value is -3.02. The Balaban J connectivity index is 1.91. The lowest BCUT2D eigenvalue weighted by molar-refractivity contribution is 0.559. The number of hydrogen-bond acceptors (Lipinski definition) is 5. The lowest BCUT2D eigenvalue weighted by Gasteiger charge is -2.09. The van der Waals surface area contributed by atoms with Crippen LogP contribution in [0.2, 0.25) is 0 Å². The summed E-state index contributed by atoms with van der Waals surface area (Å²) in [6.07, 6.45) is 8.04. The van der Waals surface area contributed by atoms with Gasteiger partial charge in [0.15, 0.2) is 5.49 Å². The third kappa shape index (κ3) is 3.79. The van der Waals surface area contributed by atoms with Gasteiger partial charge in [-0.15, -0.1) is 0 Å². The fourth-order valence-corrected chi connectivity index (χ4v) is 2.28. The highest BCUT2D eigenvalue weighted by atomic mass is 15.3. The monoisotopic (exact) mass is 306 g/mol. The smallest absolute Gasteiger partial charge is 0.168 e. The first-order valence-electron chi connectivity index (χ1n) is 7.45. The topological polar surface area (TPSA) is 68.0 Å². The third-order valence-corrected chi connectivity index (χ3v) is 3.43. The Labute approximate surface area is 134 Å². The summed E-state index contributed by atoms with van der Waals surface area (Å²) < 4.78 is 1.90. The van der Waals surface area contributed by atoms with E-state index in [2.05, 4.69) is 20.5 Å². The van der Waals surface area contributed by atoms with E-state index in [1.165, 1.54) is 5.56 Å². The summed E-state index contributed by atoms with van der Waals surface area (Å²) in [6.45, 7) is 0.735. The fourth-order valence-electron chi connectivity index (χ4n) is 2.28. The number of rotatable bonds is 5. The lowest BCUT2D eigenvalue weighted by Crippen LogP contribution is -2.26. The number of nitrogens with one attached hydrogen (secondary N) is 1. The minimum absolute atomic E-state index is 0.735. The molecular weight excluding hydrogens is 288 g/mol. The summed E-state index contributed by atoms with van der Waals surface area (Å²) >= 11 is 0. The minimum atomic E-state index is 0.735. The van der Waals surface area contributed by atoms with Crippen molar-refractivity contribution in [2.45, 2.75) is 13.0 Å². The average molecular weight is 306 g/mol. The van der Waals surface area contributed by atoms with Gasteiger partial charge in [-0.25, -0.2) is 4.68 Å². The van der Waals surface area contributed by atoms with Crippen molar-refractivity contribution in [3.05, 3.63) is 72.2 Å². The summed E-state index contributed by atoms with van der Waals surface area (Å²) in [4.78, 5) is 8.19. The van der Waals surface area contributed by atoms with Crippen molar-refractivity contribution < 1.29 is 0 Å². The molecule has 0 saturated heterocycles. The second-order valence-corrected chi connectivity index (χ2v) is 4.98. The summed E-state index contributed by atoms with van der Waals surface area (Å²) in [5, 5.41) is 8.98. The van der Waals surface area contributed by atoms with Crippen molar-refractivity contribution in [3.8, 4) is 11.3 Å². The van der Waals surface area contributed by atoms with Gasteiger partial charge in [0.1, 0.15) is 0 Å². The second kappa shape index (κ2) is 7.31. The summed E-state index contributed by atoms with van der Waals surface area (Å²) in [5.41, 5.74) is 6.69. The number of hydrogen-bond donors (Lipinski definition) is 1. The molecule has 23 heavy (non-hydrogen) atoms. The van der Waals surface area contributed by atoms with Gasteiger partial charge in [-0.1, -0.05) is 0 Å². The molecule has 0 saturated carbocycles. The van der Waals surface area contributed by atoms with Crippen LogP contribution in [0, 0.1) is 0 Å². The van der Waals surface area contributed by atoms with Crippen molar-refractivity contribution >= 4 is 0 Å². The first-order valence-corrected chi connectivity index (χ1v) is 7.45. The molecule has 0 fully saturated rings. The zero-order chi connectivity index (χ0) is 15.9. The highest BCUT2D eigenvalue weighted by molar-refractivity contribution is 5.56. The van der Waals surface area contributed by atoms with E-state index in [4.69, 9.17) is 5.10 Å². The fraction of sp³-hybridized carbons (Fsp3) is 0.176. The molecule has 6 heteroatoms. The first-order chi connectivity index (χ1) is 11.4. The summed E-state index contributed by atoms with van der Waals surface area (Å²) in [7, 11) is 1.78. The molecule has 0 aliphatic carbocycles. The molecule has 6 nitrogen and oxygen atoms in total. The van der Waals surface area contributed by atoms with Crippen LogP contribution < -0.4 is 10.9 Å². The molecule has 3 aromatic rings. The Bertz CT molecular complexity index is 811. The first kappa shape index (κ1) is 14.9. The zero-order valence-electron chi connectivity index (χ0n) is 12.9. The van der Waals surface area contributed by atoms with E-state index in [0.29, 0.717) is 0 Å². The van der Waals surface area contributed by atoms with Crippen LogP contribution in [0.15, 0.2) is 66.3 Å². The quantitative estimate of drug-likeness (QED) is 0.727. The summed E-state index contributed by atoms with van der Waals surface area (Å²) in [6, 6.07) is 11.8. The summed E-state index contributed by atoms with van der Waals surface area (Å²) in [5.74, 6) is 0. The van der Waals surface area contributed by atoms with Gasteiger partial charge in [0.25, 0.3) is 0 Å². The van der Waals surface area contributed by atoms with Crippen molar-refractivity contribution in [1.82, 2.24) is 25.2 Å². The van der Waals surface area contributed by atoms with E-state index < -0.39 is 0 Å². The van der Waals surface area contributed by atoms with Crippen LogP contribution in [0.3, 0.4) is 0 Å². The number of nitrogens with zero attached hydrogens (tertiary/aromatic N) is 5. The van der Waals surface area contributed by atoms with E-state index in [1.54, 1.807) is 25.6 Å². The van der Waals surface area contributed by atoms with Crippen LogP contribution in [0.4, 0.5) is 0 Å². The van der Waals surface area contributed by atoms with E-state index >= 15 is 0 Å². The van der Waals surface area contributed by atoms with Crippen LogP contribution in [-0.2, 0) is 13.0 Å². The maximum atomic E-state index is 4.70. The molecule has 0 unspecified atom stereocenters. The normalized spacial score (nSPS) is 11.4. The van der Waals surface area contributed by atoms with Crippen LogP contribution >= 0.6 is 0 Å². The minimum Gasteiger partial charge on any atom is -0.311 e. The van der Waals surface area contributed by atoms with Crippen molar-refractivity contribution in [2.24, 2.45) is 5.10 Å². The molecule has 3 rings (SSSR count). The van der Waals surface area contributed by atoms with Crippen LogP contribution in [0.25, 0.3) is 11.3 Å². The molecule has 0 atom stereocenters. The maximum absolute atomic E-state index is 4.70. The van der Waals surface area contributed by atoms with Gasteiger partial charge in [-0.2, -0.15) is 10.2 Å². The third-order valence-electron chi connectivity index (χ3n) is 3.43. The molecule has 0 aliphatic heterocycles. The number of aromatic nitrogens is 4. The van der Waals surface area contributed by atoms with Crippen molar-refractivity contribution in [2.75, 3.05) is 7.05 Å². The number of pyridine rings is 2. The molecule has 0 aromatic carbocycles. The lowest BCUT2D eigenvalue weighted by atomic mass is 10.2. The molecule has 116 valence electrons. The van der Waals surface area contributed by atoms with Crippen molar-refractivity contribution in [3.63, 3.8) is 0 Å². The largest absolute Gasteiger partial charge is 0.311 e. The number of aryl methyl sites for hydroxylation is 2. The van der Waals surface area contributed by atoms with Crippen LogP contribution in [0.5, 0.6) is 0 Å². The molecule has 0 bridgehead atoms. The molecule has 1 N–H and O–H groups in total. The van der Waals surface area contributed by atoms with Gasteiger partial charge in [0, 0.05) is 43.9 Å². The molecule has 3 aromatic heterocycles. The molecule has 0 amide bonds. The Kier molecular flexibility index (Phi) is 4.73. The van der Waals surface area contributed by atoms with Crippen molar-refractivity contribution in [1.29, 1.82) is 0 Å². The Morgan fingerprint density at radius 3 is 2.65 bits per heavy atom. The highest BCUT2D eigenvalue weighted by Gasteiger charge is 2.03. The highest BCUT2D eigenvalue weighted by Crippen LogP contribution is 2.12. The standard InChI is InChI=1S/C17H18N6/c1-18-21-17-5-4-16(15-3-2-9-20-13-15)22-23(17)12-8-14-6-10-19-11-7-14/h2-7,9-11,13,18H,8,12H2,1H3/b21-17-. The predicted octanol–water partition coefficient (Wildman–Crippen LogP) is 1.62. The van der Waals surface area contributed by atoms with Gasteiger partial charge in [-0.3, -0.25) is 9.97 Å². The van der Waals surface area contributed by atoms with E-state index in [1.807, 2.05) is 47.3 Å². The van der Waals surface area contributed by atoms with Crippen LogP contribution in [0.1, 0.15) is 5.56 Å². The average Bonchev–Trinajstić information content (AvgIpc) is 2.63. The SMILES string of the molecule is CN/N=c1/ccc(-c2cccnc2)nn1CCc1ccncc1. The maximum Gasteiger partial charge on any atom is 0.168 e. The molecule has 0 spiro atoms. The molecule has 0 radical (unpaired) electrons. The Morgan fingerprint density at radius 1 is 1.04 bits per heavy atom. The van der Waals surface area contributed by atoms with Gasteiger partial charge in [-0.05, 0) is 48.4 Å². The zero-order valence-corrected chi connectivity index (χ0v) is 12.9. The van der Waals surface area contributed by atoms with E-state index in [0.717, 1.165) is 29.7 Å². The van der Waals surface area contributed by atoms with E-state index in [-0.39, 0.29) is 0 Å². The van der Waals surface area contributed by atoms with Crippen LogP contribution in [-0.4, -0.2) is 26.8 Å². The predicted molar refractivity (Wildman–Crippen MR) is 88.0 cm³/mol. The van der Waals surface area contributed by atoms with Gasteiger partial charge in [0.2, 0.25) is 0 Å². The molecular formula is C17H18N6.